The number of carbonyl (C=O) groups excluding carboxylic acids is 1. The maximum atomic E-state index is 11.6. The Balaban J connectivity index is 2.70. The van der Waals surface area contributed by atoms with Crippen LogP contribution in [0.5, 0.6) is 5.75 Å². The number of benzene rings is 1. The molecule has 1 aromatic carbocycles. The van der Waals surface area contributed by atoms with Crippen LogP contribution in [0, 0.1) is 0 Å². The number of amides is 1. The van der Waals surface area contributed by atoms with Crippen LogP contribution in [-0.2, 0) is 0 Å². The summed E-state index contributed by atoms with van der Waals surface area (Å²) in [5.74, 6) is 0.524. The fourth-order valence-electron chi connectivity index (χ4n) is 0.958. The van der Waals surface area contributed by atoms with E-state index in [2.05, 4.69) is 5.32 Å². The highest BCUT2D eigenvalue weighted by atomic mass is 32.2. The van der Waals surface area contributed by atoms with E-state index in [1.807, 2.05) is 6.26 Å². The fraction of sp³-hybridized carbons (Fsp3) is 0.200. The number of methoxy groups -OCH3 is 1. The predicted octanol–water partition coefficient (Wildman–Crippen LogP) is 2.07. The topological polar surface area (TPSA) is 38.3 Å². The van der Waals surface area contributed by atoms with Crippen molar-refractivity contribution in [3.63, 3.8) is 0 Å². The third-order valence-corrected chi connectivity index (χ3v) is 2.83. The zero-order valence-electron chi connectivity index (χ0n) is 8.44. The van der Waals surface area contributed by atoms with Crippen LogP contribution in [-0.4, -0.2) is 23.6 Å². The smallest absolute Gasteiger partial charge is 0.256 e. The molecule has 15 heavy (non-hydrogen) atoms. The molecule has 5 heteroatoms. The van der Waals surface area contributed by atoms with E-state index in [4.69, 9.17) is 17.0 Å². The monoisotopic (exact) mass is 241 g/mol. The molecule has 0 radical (unpaired) electrons. The van der Waals surface area contributed by atoms with Gasteiger partial charge in [-0.1, -0.05) is 12.2 Å². The standard InChI is InChI=1S/C10H11NO2S2/c1-13-8-5-3-7(4-6-8)9(12)11-10(14)15-2/h3-6H,1-2H3,(H,11,12,14). The summed E-state index contributed by atoms with van der Waals surface area (Å²) in [6.07, 6.45) is 1.82. The van der Waals surface area contributed by atoms with E-state index < -0.39 is 0 Å². The molecule has 0 saturated carbocycles. The lowest BCUT2D eigenvalue weighted by atomic mass is 10.2. The molecule has 80 valence electrons. The molecule has 3 nitrogen and oxygen atoms in total. The third-order valence-electron chi connectivity index (χ3n) is 1.75. The van der Waals surface area contributed by atoms with E-state index in [-0.39, 0.29) is 5.91 Å². The molecule has 0 atom stereocenters. The second-order valence-electron chi connectivity index (χ2n) is 2.67. The van der Waals surface area contributed by atoms with Crippen molar-refractivity contribution >= 4 is 34.2 Å². The molecule has 1 amide bonds. The van der Waals surface area contributed by atoms with Crippen LogP contribution in [0.2, 0.25) is 0 Å². The Morgan fingerprint density at radius 3 is 2.47 bits per heavy atom. The predicted molar refractivity (Wildman–Crippen MR) is 66.6 cm³/mol. The second-order valence-corrected chi connectivity index (χ2v) is 4.16. The van der Waals surface area contributed by atoms with E-state index in [0.717, 1.165) is 5.75 Å². The number of thioether (sulfide) groups is 1. The lowest BCUT2D eigenvalue weighted by molar-refractivity contribution is 0.0978. The maximum absolute atomic E-state index is 11.6. The first-order valence-corrected chi connectivity index (χ1v) is 5.84. The van der Waals surface area contributed by atoms with E-state index in [0.29, 0.717) is 9.88 Å². The molecule has 0 aliphatic carbocycles. The molecule has 0 spiro atoms. The van der Waals surface area contributed by atoms with Crippen molar-refractivity contribution < 1.29 is 9.53 Å². The van der Waals surface area contributed by atoms with Gasteiger partial charge in [-0.05, 0) is 30.5 Å². The van der Waals surface area contributed by atoms with Gasteiger partial charge in [-0.2, -0.15) is 0 Å². The van der Waals surface area contributed by atoms with Gasteiger partial charge < -0.3 is 10.1 Å². The van der Waals surface area contributed by atoms with Gasteiger partial charge in [-0.25, -0.2) is 0 Å². The van der Waals surface area contributed by atoms with Gasteiger partial charge in [0.25, 0.3) is 5.91 Å². The zero-order chi connectivity index (χ0) is 11.3. The minimum absolute atomic E-state index is 0.197. The number of carbonyl (C=O) groups is 1. The maximum Gasteiger partial charge on any atom is 0.256 e. The lowest BCUT2D eigenvalue weighted by Gasteiger charge is -2.04. The fourth-order valence-corrected chi connectivity index (χ4v) is 1.25. The normalized spacial score (nSPS) is 9.47. The Labute approximate surface area is 98.2 Å². The van der Waals surface area contributed by atoms with Crippen LogP contribution in [0.1, 0.15) is 10.4 Å². The molecule has 0 aliphatic heterocycles. The summed E-state index contributed by atoms with van der Waals surface area (Å²) in [7, 11) is 1.58. The van der Waals surface area contributed by atoms with Crippen molar-refractivity contribution in [1.82, 2.24) is 5.32 Å². The van der Waals surface area contributed by atoms with E-state index in [1.165, 1.54) is 11.8 Å². The van der Waals surface area contributed by atoms with Gasteiger partial charge in [0.05, 0.1) is 7.11 Å². The number of ether oxygens (including phenoxy) is 1. The number of nitrogens with one attached hydrogen (secondary N) is 1. The van der Waals surface area contributed by atoms with Gasteiger partial charge in [0.2, 0.25) is 0 Å². The summed E-state index contributed by atoms with van der Waals surface area (Å²) in [4.78, 5) is 11.6. The summed E-state index contributed by atoms with van der Waals surface area (Å²) in [6, 6.07) is 6.85. The number of rotatable bonds is 2. The van der Waals surface area contributed by atoms with Crippen molar-refractivity contribution in [2.24, 2.45) is 0 Å². The van der Waals surface area contributed by atoms with Crippen LogP contribution in [0.15, 0.2) is 24.3 Å². The molecule has 1 rings (SSSR count). The van der Waals surface area contributed by atoms with Crippen LogP contribution < -0.4 is 10.1 Å². The molecule has 0 fully saturated rings. The van der Waals surface area contributed by atoms with Gasteiger partial charge in [0, 0.05) is 5.56 Å². The quantitative estimate of drug-likeness (QED) is 0.805. The molecular weight excluding hydrogens is 230 g/mol. The summed E-state index contributed by atoms with van der Waals surface area (Å²) in [5, 5.41) is 2.60. The van der Waals surface area contributed by atoms with Gasteiger partial charge in [0.1, 0.15) is 10.1 Å². The molecule has 0 saturated heterocycles. The molecular formula is C10H11NO2S2. The Morgan fingerprint density at radius 1 is 1.40 bits per heavy atom. The van der Waals surface area contributed by atoms with Gasteiger partial charge >= 0.3 is 0 Å². The average molecular weight is 241 g/mol. The minimum atomic E-state index is -0.197. The SMILES string of the molecule is COc1ccc(C(=O)NC(=S)SC)cc1. The Morgan fingerprint density at radius 2 is 2.00 bits per heavy atom. The molecule has 0 aromatic heterocycles. The van der Waals surface area contributed by atoms with Crippen LogP contribution in [0.3, 0.4) is 0 Å². The summed E-state index contributed by atoms with van der Waals surface area (Å²) in [6.45, 7) is 0. The van der Waals surface area contributed by atoms with Gasteiger partial charge in [0.15, 0.2) is 0 Å². The van der Waals surface area contributed by atoms with Crippen LogP contribution in [0.4, 0.5) is 0 Å². The molecule has 1 N–H and O–H groups in total. The summed E-state index contributed by atoms with van der Waals surface area (Å²) < 4.78 is 5.46. The molecule has 1 aromatic rings. The highest BCUT2D eigenvalue weighted by Gasteiger charge is 2.06. The first-order valence-electron chi connectivity index (χ1n) is 4.20. The van der Waals surface area contributed by atoms with Crippen LogP contribution >= 0.6 is 24.0 Å². The number of hydrogen-bond donors (Lipinski definition) is 1. The Kier molecular flexibility index (Phi) is 4.58. The highest BCUT2D eigenvalue weighted by molar-refractivity contribution is 8.22. The van der Waals surface area contributed by atoms with Gasteiger partial charge in [-0.3, -0.25) is 4.79 Å². The van der Waals surface area contributed by atoms with E-state index in [9.17, 15) is 4.79 Å². The average Bonchev–Trinajstić information content (AvgIpc) is 2.29. The first kappa shape index (κ1) is 12.0. The minimum Gasteiger partial charge on any atom is -0.497 e. The molecule has 0 heterocycles. The van der Waals surface area contributed by atoms with Crippen molar-refractivity contribution in [2.45, 2.75) is 0 Å². The number of thiocarbonyl (C=S) groups is 1. The highest BCUT2D eigenvalue weighted by Crippen LogP contribution is 2.11. The zero-order valence-corrected chi connectivity index (χ0v) is 10.1. The Hall–Kier alpha value is -1.07. The molecule has 0 aliphatic rings. The van der Waals surface area contributed by atoms with Crippen molar-refractivity contribution in [2.75, 3.05) is 13.4 Å². The molecule has 0 unspecified atom stereocenters. The van der Waals surface area contributed by atoms with E-state index in [1.54, 1.807) is 31.4 Å². The largest absolute Gasteiger partial charge is 0.497 e. The van der Waals surface area contributed by atoms with Crippen molar-refractivity contribution in [1.29, 1.82) is 0 Å². The van der Waals surface area contributed by atoms with Crippen molar-refractivity contribution in [3.8, 4) is 5.75 Å². The third kappa shape index (κ3) is 3.53. The van der Waals surface area contributed by atoms with Gasteiger partial charge in [-0.15, -0.1) is 11.8 Å². The van der Waals surface area contributed by atoms with Crippen LogP contribution in [0.25, 0.3) is 0 Å². The Bertz CT molecular complexity index is 362. The molecule has 0 bridgehead atoms. The lowest BCUT2D eigenvalue weighted by Crippen LogP contribution is -2.26. The second kappa shape index (κ2) is 5.72. The summed E-state index contributed by atoms with van der Waals surface area (Å²) >= 11 is 6.22. The summed E-state index contributed by atoms with van der Waals surface area (Å²) in [5.41, 5.74) is 0.562. The first-order chi connectivity index (χ1) is 7.17. The van der Waals surface area contributed by atoms with E-state index >= 15 is 0 Å². The number of hydrogen-bond acceptors (Lipinski definition) is 4. The van der Waals surface area contributed by atoms with Crippen molar-refractivity contribution in [3.05, 3.63) is 29.8 Å².